The van der Waals surface area contributed by atoms with Gasteiger partial charge in [-0.2, -0.15) is 5.10 Å². The Kier molecular flexibility index (Phi) is 3.43. The molecule has 92 valence electrons. The normalized spacial score (nSPS) is 10.1. The second kappa shape index (κ2) is 5.01. The molecule has 1 N–H and O–H groups in total. The molecule has 0 saturated heterocycles. The molecule has 0 bridgehead atoms. The maximum atomic E-state index is 11.0. The van der Waals surface area contributed by atoms with Crippen LogP contribution >= 0.6 is 11.6 Å². The number of halogens is 1. The van der Waals surface area contributed by atoms with Crippen molar-refractivity contribution in [2.24, 2.45) is 0 Å². The highest BCUT2D eigenvalue weighted by Gasteiger charge is 2.13. The van der Waals surface area contributed by atoms with Gasteiger partial charge in [0.1, 0.15) is 11.3 Å². The number of benzene rings is 1. The molecule has 0 unspecified atom stereocenters. The molecule has 0 fully saturated rings. The number of rotatable bonds is 3. The number of aryl methyl sites for hydroxylation is 1. The molecule has 1 aromatic heterocycles. The van der Waals surface area contributed by atoms with Crippen molar-refractivity contribution in [2.45, 2.75) is 6.92 Å². The van der Waals surface area contributed by atoms with Gasteiger partial charge in [-0.15, -0.1) is 5.10 Å². The van der Waals surface area contributed by atoms with Crippen molar-refractivity contribution in [2.75, 3.05) is 0 Å². The van der Waals surface area contributed by atoms with Crippen LogP contribution < -0.4 is 4.74 Å². The van der Waals surface area contributed by atoms with Gasteiger partial charge in [0.05, 0.1) is 6.20 Å². The Balaban J connectivity index is 2.34. The third-order valence-corrected chi connectivity index (χ3v) is 2.69. The van der Waals surface area contributed by atoms with Crippen LogP contribution in [-0.4, -0.2) is 21.3 Å². The molecule has 0 atom stereocenters. The standard InChI is InChI=1S/C12H9ClN2O3/c1-7-6-8(2-3-10(7)13)18-11-9(12(16)17)4-5-14-15-11/h2-6H,1H3,(H,16,17). The molecule has 0 aliphatic carbocycles. The van der Waals surface area contributed by atoms with Crippen molar-refractivity contribution in [3.63, 3.8) is 0 Å². The maximum Gasteiger partial charge on any atom is 0.341 e. The summed E-state index contributed by atoms with van der Waals surface area (Å²) in [5.41, 5.74) is 0.785. The molecular weight excluding hydrogens is 256 g/mol. The van der Waals surface area contributed by atoms with E-state index in [4.69, 9.17) is 21.4 Å². The van der Waals surface area contributed by atoms with E-state index in [0.717, 1.165) is 5.56 Å². The minimum Gasteiger partial charge on any atom is -0.477 e. The van der Waals surface area contributed by atoms with Crippen molar-refractivity contribution in [3.8, 4) is 11.6 Å². The first-order valence-electron chi connectivity index (χ1n) is 5.07. The Morgan fingerprint density at radius 1 is 1.39 bits per heavy atom. The van der Waals surface area contributed by atoms with E-state index in [1.54, 1.807) is 18.2 Å². The highest BCUT2D eigenvalue weighted by molar-refractivity contribution is 6.31. The molecule has 2 rings (SSSR count). The van der Waals surface area contributed by atoms with E-state index in [-0.39, 0.29) is 11.4 Å². The zero-order valence-corrected chi connectivity index (χ0v) is 10.2. The zero-order chi connectivity index (χ0) is 13.1. The van der Waals surface area contributed by atoms with Gasteiger partial charge in [-0.1, -0.05) is 11.6 Å². The fourth-order valence-corrected chi connectivity index (χ4v) is 1.47. The van der Waals surface area contributed by atoms with Crippen LogP contribution in [0.1, 0.15) is 15.9 Å². The first-order chi connectivity index (χ1) is 8.58. The first kappa shape index (κ1) is 12.3. The van der Waals surface area contributed by atoms with Gasteiger partial charge < -0.3 is 9.84 Å². The van der Waals surface area contributed by atoms with Gasteiger partial charge in [0.15, 0.2) is 0 Å². The number of hydrogen-bond acceptors (Lipinski definition) is 4. The average Bonchev–Trinajstić information content (AvgIpc) is 2.34. The monoisotopic (exact) mass is 264 g/mol. The van der Waals surface area contributed by atoms with E-state index in [1.807, 2.05) is 6.92 Å². The fourth-order valence-electron chi connectivity index (χ4n) is 1.35. The van der Waals surface area contributed by atoms with Crippen molar-refractivity contribution >= 4 is 17.6 Å². The van der Waals surface area contributed by atoms with Gasteiger partial charge in [0, 0.05) is 5.02 Å². The number of aromatic carboxylic acids is 1. The number of aromatic nitrogens is 2. The highest BCUT2D eigenvalue weighted by Crippen LogP contribution is 2.26. The SMILES string of the molecule is Cc1cc(Oc2nnccc2C(=O)O)ccc1Cl. The number of ether oxygens (including phenoxy) is 1. The summed E-state index contributed by atoms with van der Waals surface area (Å²) in [5.74, 6) is -0.711. The molecule has 1 aromatic carbocycles. The minimum absolute atomic E-state index is 0.0439. The summed E-state index contributed by atoms with van der Waals surface area (Å²) in [7, 11) is 0. The van der Waals surface area contributed by atoms with Crippen LogP contribution in [0.5, 0.6) is 11.6 Å². The second-order valence-corrected chi connectivity index (χ2v) is 3.98. The molecule has 0 spiro atoms. The summed E-state index contributed by atoms with van der Waals surface area (Å²) in [6.45, 7) is 1.82. The molecule has 6 heteroatoms. The van der Waals surface area contributed by atoms with Gasteiger partial charge in [0.2, 0.25) is 0 Å². The lowest BCUT2D eigenvalue weighted by molar-refractivity contribution is 0.0693. The number of nitrogens with zero attached hydrogens (tertiary/aromatic N) is 2. The molecule has 0 saturated carbocycles. The number of carboxylic acids is 1. The van der Waals surface area contributed by atoms with Gasteiger partial charge in [-0.25, -0.2) is 4.79 Å². The van der Waals surface area contributed by atoms with Crippen molar-refractivity contribution in [3.05, 3.63) is 46.6 Å². The molecule has 0 aliphatic heterocycles. The Labute approximate surface area is 108 Å². The highest BCUT2D eigenvalue weighted by atomic mass is 35.5. The van der Waals surface area contributed by atoms with E-state index < -0.39 is 5.97 Å². The quantitative estimate of drug-likeness (QED) is 0.923. The maximum absolute atomic E-state index is 11.0. The van der Waals surface area contributed by atoms with Crippen LogP contribution in [0.3, 0.4) is 0 Å². The predicted octanol–water partition coefficient (Wildman–Crippen LogP) is 2.93. The number of carboxylic acid groups (broad SMARTS) is 1. The van der Waals surface area contributed by atoms with Crippen LogP contribution in [0.4, 0.5) is 0 Å². The fraction of sp³-hybridized carbons (Fsp3) is 0.0833. The van der Waals surface area contributed by atoms with E-state index in [1.165, 1.54) is 12.3 Å². The van der Waals surface area contributed by atoms with E-state index in [2.05, 4.69) is 10.2 Å². The lowest BCUT2D eigenvalue weighted by Gasteiger charge is -2.07. The summed E-state index contributed by atoms with van der Waals surface area (Å²) >= 11 is 5.89. The molecule has 0 amide bonds. The lowest BCUT2D eigenvalue weighted by atomic mass is 10.2. The molecule has 0 radical (unpaired) electrons. The zero-order valence-electron chi connectivity index (χ0n) is 9.42. The summed E-state index contributed by atoms with van der Waals surface area (Å²) in [6.07, 6.45) is 1.30. The van der Waals surface area contributed by atoms with E-state index in [9.17, 15) is 4.79 Å². The van der Waals surface area contributed by atoms with E-state index >= 15 is 0 Å². The van der Waals surface area contributed by atoms with Gasteiger partial charge in [0.25, 0.3) is 5.88 Å². The van der Waals surface area contributed by atoms with Crippen LogP contribution in [0.2, 0.25) is 5.02 Å². The molecule has 1 heterocycles. The third kappa shape index (κ3) is 2.57. The van der Waals surface area contributed by atoms with Crippen molar-refractivity contribution < 1.29 is 14.6 Å². The lowest BCUT2D eigenvalue weighted by Crippen LogP contribution is -2.02. The number of hydrogen-bond donors (Lipinski definition) is 1. The van der Waals surface area contributed by atoms with E-state index in [0.29, 0.717) is 10.8 Å². The Hall–Kier alpha value is -2.14. The second-order valence-electron chi connectivity index (χ2n) is 3.57. The van der Waals surface area contributed by atoms with Crippen LogP contribution in [0.25, 0.3) is 0 Å². The Bertz CT molecular complexity index is 602. The van der Waals surface area contributed by atoms with Gasteiger partial charge >= 0.3 is 5.97 Å². The van der Waals surface area contributed by atoms with Crippen LogP contribution in [-0.2, 0) is 0 Å². The summed E-state index contributed by atoms with van der Waals surface area (Å²) in [5, 5.41) is 16.8. The predicted molar refractivity (Wildman–Crippen MR) is 65.3 cm³/mol. The largest absolute Gasteiger partial charge is 0.477 e. The molecule has 5 nitrogen and oxygen atoms in total. The third-order valence-electron chi connectivity index (χ3n) is 2.26. The summed E-state index contributed by atoms with van der Waals surface area (Å²) in [6, 6.07) is 6.33. The molecule has 18 heavy (non-hydrogen) atoms. The minimum atomic E-state index is -1.12. The topological polar surface area (TPSA) is 72.3 Å². The average molecular weight is 265 g/mol. The molecule has 0 aliphatic rings. The van der Waals surface area contributed by atoms with Crippen molar-refractivity contribution in [1.82, 2.24) is 10.2 Å². The first-order valence-corrected chi connectivity index (χ1v) is 5.44. The van der Waals surface area contributed by atoms with Gasteiger partial charge in [-0.05, 0) is 36.8 Å². The van der Waals surface area contributed by atoms with Crippen LogP contribution in [0, 0.1) is 6.92 Å². The molecular formula is C12H9ClN2O3. The Morgan fingerprint density at radius 3 is 2.83 bits per heavy atom. The van der Waals surface area contributed by atoms with Gasteiger partial charge in [-0.3, -0.25) is 0 Å². The molecule has 2 aromatic rings. The van der Waals surface area contributed by atoms with Crippen LogP contribution in [0.15, 0.2) is 30.5 Å². The summed E-state index contributed by atoms with van der Waals surface area (Å²) in [4.78, 5) is 11.0. The summed E-state index contributed by atoms with van der Waals surface area (Å²) < 4.78 is 5.39. The van der Waals surface area contributed by atoms with Crippen molar-refractivity contribution in [1.29, 1.82) is 0 Å². The number of carbonyl (C=O) groups is 1. The Morgan fingerprint density at radius 2 is 2.17 bits per heavy atom. The smallest absolute Gasteiger partial charge is 0.341 e.